The van der Waals surface area contributed by atoms with Crippen LogP contribution in [0.1, 0.15) is 11.4 Å². The van der Waals surface area contributed by atoms with Gasteiger partial charge in [0.15, 0.2) is 9.84 Å². The van der Waals surface area contributed by atoms with Crippen molar-refractivity contribution in [3.63, 3.8) is 0 Å². The Kier molecular flexibility index (Phi) is 5.24. The lowest BCUT2D eigenvalue weighted by molar-refractivity contribution is -0.144. The van der Waals surface area contributed by atoms with Crippen molar-refractivity contribution in [1.29, 1.82) is 0 Å². The van der Waals surface area contributed by atoms with Crippen molar-refractivity contribution in [3.05, 3.63) is 57.8 Å². The summed E-state index contributed by atoms with van der Waals surface area (Å²) < 4.78 is 62.9. The number of hydrogen-bond acceptors (Lipinski definition) is 3. The number of rotatable bonds is 3. The fourth-order valence-corrected chi connectivity index (χ4v) is 3.69. The van der Waals surface area contributed by atoms with Gasteiger partial charge in [0.1, 0.15) is 0 Å². The van der Waals surface area contributed by atoms with Gasteiger partial charge in [-0.15, -0.1) is 0 Å². The molecular formula is C18H13Cl2F3N2O2S. The van der Waals surface area contributed by atoms with Gasteiger partial charge >= 0.3 is 6.18 Å². The molecular weight excluding hydrogens is 436 g/mol. The lowest BCUT2D eigenvalue weighted by atomic mass is 10.0. The molecule has 0 amide bonds. The Balaban J connectivity index is 2.22. The van der Waals surface area contributed by atoms with Gasteiger partial charge < -0.3 is 4.98 Å². The van der Waals surface area contributed by atoms with Crippen LogP contribution in [0.4, 0.5) is 13.2 Å². The number of halogens is 5. The van der Waals surface area contributed by atoms with Crippen molar-refractivity contribution in [1.82, 2.24) is 9.97 Å². The van der Waals surface area contributed by atoms with Gasteiger partial charge in [-0.3, -0.25) is 0 Å². The number of aromatic amines is 1. The first kappa shape index (κ1) is 20.7. The van der Waals surface area contributed by atoms with E-state index in [1.54, 1.807) is 6.92 Å². The van der Waals surface area contributed by atoms with Gasteiger partial charge in [-0.05, 0) is 36.8 Å². The Morgan fingerprint density at radius 3 is 2.00 bits per heavy atom. The molecule has 0 bridgehead atoms. The minimum Gasteiger partial charge on any atom is -0.334 e. The molecule has 0 aliphatic carbocycles. The lowest BCUT2D eigenvalue weighted by Gasteiger charge is -2.08. The van der Waals surface area contributed by atoms with Crippen molar-refractivity contribution in [2.45, 2.75) is 18.0 Å². The molecule has 0 spiro atoms. The molecule has 4 nitrogen and oxygen atoms in total. The maximum atomic E-state index is 13.2. The van der Waals surface area contributed by atoms with Crippen LogP contribution in [0.25, 0.3) is 22.5 Å². The maximum absolute atomic E-state index is 13.2. The van der Waals surface area contributed by atoms with Crippen LogP contribution in [0.3, 0.4) is 0 Å². The molecule has 1 N–H and O–H groups in total. The minimum absolute atomic E-state index is 0.00311. The highest BCUT2D eigenvalue weighted by Crippen LogP contribution is 2.38. The highest BCUT2D eigenvalue weighted by atomic mass is 35.5. The third-order valence-electron chi connectivity index (χ3n) is 4.10. The summed E-state index contributed by atoms with van der Waals surface area (Å²) in [5.41, 5.74) is 1.31. The van der Waals surface area contributed by atoms with E-state index < -0.39 is 21.8 Å². The Morgan fingerprint density at radius 2 is 1.54 bits per heavy atom. The minimum atomic E-state index is -4.70. The fourth-order valence-electron chi connectivity index (χ4n) is 2.57. The van der Waals surface area contributed by atoms with Crippen LogP contribution in [0, 0.1) is 6.92 Å². The first-order chi connectivity index (χ1) is 12.9. The largest absolute Gasteiger partial charge is 0.449 e. The summed E-state index contributed by atoms with van der Waals surface area (Å²) in [5.74, 6) is -1.18. The van der Waals surface area contributed by atoms with E-state index >= 15 is 0 Å². The number of nitrogens with zero attached hydrogens (tertiary/aromatic N) is 1. The van der Waals surface area contributed by atoms with E-state index in [0.29, 0.717) is 26.7 Å². The maximum Gasteiger partial charge on any atom is 0.449 e. The van der Waals surface area contributed by atoms with E-state index in [0.717, 1.165) is 6.26 Å². The molecule has 148 valence electrons. The van der Waals surface area contributed by atoms with E-state index in [1.165, 1.54) is 36.4 Å². The van der Waals surface area contributed by atoms with Gasteiger partial charge in [-0.1, -0.05) is 35.3 Å². The van der Waals surface area contributed by atoms with Crippen LogP contribution in [0.5, 0.6) is 0 Å². The molecule has 0 aliphatic rings. The van der Waals surface area contributed by atoms with Gasteiger partial charge in [0.25, 0.3) is 0 Å². The van der Waals surface area contributed by atoms with Crippen molar-refractivity contribution >= 4 is 33.0 Å². The summed E-state index contributed by atoms with van der Waals surface area (Å²) in [6, 6.07) is 8.40. The second kappa shape index (κ2) is 7.09. The SMILES string of the molecule is Cc1c(Cl)cc(-c2[nH]c(C(F)(F)F)nc2-c2ccc(S(C)(=O)=O)cc2)cc1Cl. The zero-order valence-corrected chi connectivity index (χ0v) is 16.9. The van der Waals surface area contributed by atoms with Gasteiger partial charge in [-0.2, -0.15) is 13.2 Å². The van der Waals surface area contributed by atoms with Gasteiger partial charge in [0.05, 0.1) is 16.3 Å². The highest BCUT2D eigenvalue weighted by molar-refractivity contribution is 7.90. The topological polar surface area (TPSA) is 62.8 Å². The number of imidazole rings is 1. The van der Waals surface area contributed by atoms with E-state index in [9.17, 15) is 21.6 Å². The molecule has 0 unspecified atom stereocenters. The smallest absolute Gasteiger partial charge is 0.334 e. The Morgan fingerprint density at radius 1 is 1.00 bits per heavy atom. The number of sulfone groups is 1. The fraction of sp³-hybridized carbons (Fsp3) is 0.167. The van der Waals surface area contributed by atoms with Gasteiger partial charge in [-0.25, -0.2) is 13.4 Å². The number of H-pyrrole nitrogens is 1. The monoisotopic (exact) mass is 448 g/mol. The third-order valence-corrected chi connectivity index (χ3v) is 6.01. The third kappa shape index (κ3) is 4.04. The summed E-state index contributed by atoms with van der Waals surface area (Å²) >= 11 is 12.3. The molecule has 3 rings (SSSR count). The molecule has 2 aromatic carbocycles. The first-order valence-corrected chi connectivity index (χ1v) is 10.5. The van der Waals surface area contributed by atoms with Crippen LogP contribution in [0.2, 0.25) is 10.0 Å². The standard InChI is InChI=1S/C18H13Cl2F3N2O2S/c1-9-13(19)7-11(8-14(9)20)16-15(24-17(25-16)18(21,22)23)10-3-5-12(6-4-10)28(2,26)27/h3-8H,1-2H3,(H,24,25). The molecule has 1 aromatic heterocycles. The van der Waals surface area contributed by atoms with Gasteiger partial charge in [0.2, 0.25) is 5.82 Å². The van der Waals surface area contributed by atoms with Gasteiger partial charge in [0, 0.05) is 27.4 Å². The number of aromatic nitrogens is 2. The van der Waals surface area contributed by atoms with E-state index in [2.05, 4.69) is 9.97 Å². The summed E-state index contributed by atoms with van der Waals surface area (Å²) in [5, 5.41) is 0.591. The number of alkyl halides is 3. The molecule has 0 radical (unpaired) electrons. The van der Waals surface area contributed by atoms with E-state index in [-0.39, 0.29) is 16.3 Å². The molecule has 3 aromatic rings. The summed E-state index contributed by atoms with van der Waals surface area (Å²) in [4.78, 5) is 6.02. The summed E-state index contributed by atoms with van der Waals surface area (Å²) in [6.07, 6.45) is -3.65. The predicted octanol–water partition coefficient (Wildman–Crippen LogP) is 5.78. The second-order valence-corrected chi connectivity index (χ2v) is 9.00. The quantitative estimate of drug-likeness (QED) is 0.552. The Labute approximate surface area is 169 Å². The highest BCUT2D eigenvalue weighted by Gasteiger charge is 2.36. The second-order valence-electron chi connectivity index (χ2n) is 6.17. The summed E-state index contributed by atoms with van der Waals surface area (Å²) in [7, 11) is -3.44. The molecule has 0 saturated carbocycles. The Bertz CT molecular complexity index is 1130. The molecule has 0 fully saturated rings. The first-order valence-electron chi connectivity index (χ1n) is 7.81. The molecule has 0 atom stereocenters. The lowest BCUT2D eigenvalue weighted by Crippen LogP contribution is -2.07. The van der Waals surface area contributed by atoms with Crippen LogP contribution in [-0.2, 0) is 16.0 Å². The van der Waals surface area contributed by atoms with Crippen LogP contribution in [-0.4, -0.2) is 24.6 Å². The average Bonchev–Trinajstić information content (AvgIpc) is 3.04. The molecule has 0 aliphatic heterocycles. The average molecular weight is 449 g/mol. The molecule has 10 heteroatoms. The Hall–Kier alpha value is -2.03. The van der Waals surface area contributed by atoms with Crippen molar-refractivity contribution in [2.75, 3.05) is 6.26 Å². The summed E-state index contributed by atoms with van der Waals surface area (Å²) in [6.45, 7) is 1.69. The van der Waals surface area contributed by atoms with Crippen LogP contribution in [0.15, 0.2) is 41.3 Å². The normalized spacial score (nSPS) is 12.4. The van der Waals surface area contributed by atoms with Crippen molar-refractivity contribution in [2.24, 2.45) is 0 Å². The van der Waals surface area contributed by atoms with Crippen molar-refractivity contribution < 1.29 is 21.6 Å². The van der Waals surface area contributed by atoms with E-state index in [4.69, 9.17) is 23.2 Å². The number of benzene rings is 2. The number of hydrogen-bond donors (Lipinski definition) is 1. The zero-order chi connectivity index (χ0) is 20.9. The number of nitrogens with one attached hydrogen (secondary N) is 1. The van der Waals surface area contributed by atoms with Crippen LogP contribution >= 0.6 is 23.2 Å². The predicted molar refractivity (Wildman–Crippen MR) is 102 cm³/mol. The van der Waals surface area contributed by atoms with E-state index in [1.807, 2.05) is 0 Å². The molecule has 0 saturated heterocycles. The zero-order valence-electron chi connectivity index (χ0n) is 14.5. The van der Waals surface area contributed by atoms with Crippen LogP contribution < -0.4 is 0 Å². The molecule has 1 heterocycles. The molecule has 28 heavy (non-hydrogen) atoms. The van der Waals surface area contributed by atoms with Crippen molar-refractivity contribution in [3.8, 4) is 22.5 Å².